The molecule has 6 heteroatoms. The van der Waals surface area contributed by atoms with Crippen LogP contribution in [0.1, 0.15) is 54.7 Å². The number of hydrogen-bond acceptors (Lipinski definition) is 4. The first-order chi connectivity index (χ1) is 10.2. The molecule has 2 fully saturated rings. The Labute approximate surface area is 127 Å². The summed E-state index contributed by atoms with van der Waals surface area (Å²) < 4.78 is 1.97. The molecule has 5 nitrogen and oxygen atoms in total. The van der Waals surface area contributed by atoms with Gasteiger partial charge in [-0.05, 0) is 50.0 Å². The van der Waals surface area contributed by atoms with Gasteiger partial charge in [0.15, 0.2) is 0 Å². The molecule has 1 unspecified atom stereocenters. The van der Waals surface area contributed by atoms with Gasteiger partial charge in [-0.15, -0.1) is 5.10 Å². The number of amides is 1. The standard InChI is InChI=1S/C15H18N4OS/c1-15(5-6-15)19-8-12(17-18-19)13(10-2-3-10)16-14(20)11-4-7-21-9-11/h4,7-10,13H,2-3,5-6H2,1H3,(H,16,20). The van der Waals surface area contributed by atoms with Crippen LogP contribution in [0.25, 0.3) is 0 Å². The summed E-state index contributed by atoms with van der Waals surface area (Å²) in [6.07, 6.45) is 6.64. The predicted molar refractivity (Wildman–Crippen MR) is 80.2 cm³/mol. The number of aromatic nitrogens is 3. The van der Waals surface area contributed by atoms with Gasteiger partial charge in [-0.1, -0.05) is 5.21 Å². The van der Waals surface area contributed by atoms with Gasteiger partial charge in [-0.2, -0.15) is 11.3 Å². The Bertz CT molecular complexity index is 655. The van der Waals surface area contributed by atoms with Crippen LogP contribution in [-0.2, 0) is 5.54 Å². The van der Waals surface area contributed by atoms with Crippen LogP contribution in [0.5, 0.6) is 0 Å². The minimum absolute atomic E-state index is 0.00602. The first-order valence-corrected chi connectivity index (χ1v) is 8.36. The second kappa shape index (κ2) is 4.66. The van der Waals surface area contributed by atoms with Crippen molar-refractivity contribution in [2.24, 2.45) is 5.92 Å². The lowest BCUT2D eigenvalue weighted by molar-refractivity contribution is 0.0931. The summed E-state index contributed by atoms with van der Waals surface area (Å²) in [4.78, 5) is 12.3. The molecule has 2 aliphatic rings. The van der Waals surface area contributed by atoms with E-state index in [-0.39, 0.29) is 17.5 Å². The third kappa shape index (κ3) is 2.48. The van der Waals surface area contributed by atoms with E-state index in [1.165, 1.54) is 11.3 Å². The number of nitrogens with zero attached hydrogens (tertiary/aromatic N) is 3. The summed E-state index contributed by atoms with van der Waals surface area (Å²) in [6.45, 7) is 2.20. The molecule has 2 saturated carbocycles. The third-order valence-corrected chi connectivity index (χ3v) is 5.20. The maximum atomic E-state index is 12.3. The third-order valence-electron chi connectivity index (χ3n) is 4.52. The Balaban J connectivity index is 1.54. The highest BCUT2D eigenvalue weighted by Crippen LogP contribution is 2.44. The van der Waals surface area contributed by atoms with Crippen LogP contribution in [0.15, 0.2) is 23.0 Å². The fraction of sp³-hybridized carbons (Fsp3) is 0.533. The Hall–Kier alpha value is -1.69. The highest BCUT2D eigenvalue weighted by Gasteiger charge is 2.42. The van der Waals surface area contributed by atoms with E-state index in [1.54, 1.807) is 0 Å². The molecular formula is C15H18N4OS. The molecule has 4 rings (SSSR count). The molecule has 2 aromatic heterocycles. The van der Waals surface area contributed by atoms with Crippen molar-refractivity contribution in [1.82, 2.24) is 20.3 Å². The second-order valence-electron chi connectivity index (χ2n) is 6.39. The van der Waals surface area contributed by atoms with Gasteiger partial charge in [-0.3, -0.25) is 4.79 Å². The monoisotopic (exact) mass is 302 g/mol. The summed E-state index contributed by atoms with van der Waals surface area (Å²) in [5.41, 5.74) is 1.78. The molecule has 1 atom stereocenters. The van der Waals surface area contributed by atoms with Crippen LogP contribution < -0.4 is 5.32 Å². The Morgan fingerprint density at radius 3 is 2.95 bits per heavy atom. The van der Waals surface area contributed by atoms with Crippen molar-refractivity contribution < 1.29 is 4.79 Å². The molecular weight excluding hydrogens is 284 g/mol. The molecule has 0 spiro atoms. The zero-order valence-electron chi connectivity index (χ0n) is 12.0. The normalized spacial score (nSPS) is 21.0. The average molecular weight is 302 g/mol. The SMILES string of the molecule is CC1(n2cc(C(NC(=O)c3ccsc3)C3CC3)nn2)CC1. The van der Waals surface area contributed by atoms with Gasteiger partial charge >= 0.3 is 0 Å². The first kappa shape index (κ1) is 13.0. The lowest BCUT2D eigenvalue weighted by atomic mass is 10.1. The van der Waals surface area contributed by atoms with Crippen LogP contribution >= 0.6 is 11.3 Å². The highest BCUT2D eigenvalue weighted by molar-refractivity contribution is 7.08. The van der Waals surface area contributed by atoms with E-state index in [4.69, 9.17) is 0 Å². The number of thiophene rings is 1. The number of carbonyl (C=O) groups is 1. The number of rotatable bonds is 5. The van der Waals surface area contributed by atoms with Gasteiger partial charge in [0.05, 0.1) is 23.3 Å². The largest absolute Gasteiger partial charge is 0.343 e. The lowest BCUT2D eigenvalue weighted by Gasteiger charge is -2.15. The van der Waals surface area contributed by atoms with Crippen molar-refractivity contribution in [3.05, 3.63) is 34.3 Å². The van der Waals surface area contributed by atoms with Crippen LogP contribution in [0.2, 0.25) is 0 Å². The molecule has 2 aromatic rings. The van der Waals surface area contributed by atoms with Crippen LogP contribution in [-0.4, -0.2) is 20.9 Å². The quantitative estimate of drug-likeness (QED) is 0.924. The van der Waals surface area contributed by atoms with Crippen LogP contribution in [0.3, 0.4) is 0 Å². The molecule has 0 radical (unpaired) electrons. The van der Waals surface area contributed by atoms with E-state index in [0.29, 0.717) is 5.92 Å². The van der Waals surface area contributed by atoms with Crippen molar-refractivity contribution in [3.63, 3.8) is 0 Å². The van der Waals surface area contributed by atoms with Gasteiger partial charge in [0.1, 0.15) is 5.69 Å². The number of hydrogen-bond donors (Lipinski definition) is 1. The van der Waals surface area contributed by atoms with Gasteiger partial charge in [0.25, 0.3) is 5.91 Å². The molecule has 2 heterocycles. The molecule has 1 N–H and O–H groups in total. The van der Waals surface area contributed by atoms with Crippen molar-refractivity contribution in [3.8, 4) is 0 Å². The molecule has 21 heavy (non-hydrogen) atoms. The molecule has 0 aliphatic heterocycles. The topological polar surface area (TPSA) is 59.8 Å². The molecule has 0 saturated heterocycles. The zero-order valence-corrected chi connectivity index (χ0v) is 12.8. The minimum Gasteiger partial charge on any atom is -0.343 e. The maximum absolute atomic E-state index is 12.3. The van der Waals surface area contributed by atoms with Gasteiger partial charge in [-0.25, -0.2) is 4.68 Å². The Morgan fingerprint density at radius 2 is 2.33 bits per heavy atom. The highest BCUT2D eigenvalue weighted by atomic mass is 32.1. The predicted octanol–water partition coefficient (Wildman–Crippen LogP) is 2.73. The van der Waals surface area contributed by atoms with Crippen molar-refractivity contribution >= 4 is 17.2 Å². The van der Waals surface area contributed by atoms with E-state index in [2.05, 4.69) is 22.6 Å². The van der Waals surface area contributed by atoms with E-state index in [9.17, 15) is 4.79 Å². The zero-order chi connectivity index (χ0) is 14.4. The summed E-state index contributed by atoms with van der Waals surface area (Å²) in [7, 11) is 0. The smallest absolute Gasteiger partial charge is 0.252 e. The van der Waals surface area contributed by atoms with E-state index in [0.717, 1.165) is 36.9 Å². The van der Waals surface area contributed by atoms with E-state index >= 15 is 0 Å². The van der Waals surface area contributed by atoms with Crippen LogP contribution in [0, 0.1) is 5.92 Å². The fourth-order valence-electron chi connectivity index (χ4n) is 2.57. The van der Waals surface area contributed by atoms with Gasteiger partial charge < -0.3 is 5.32 Å². The summed E-state index contributed by atoms with van der Waals surface area (Å²) in [5, 5.41) is 15.5. The Morgan fingerprint density at radius 1 is 1.52 bits per heavy atom. The first-order valence-electron chi connectivity index (χ1n) is 7.41. The number of nitrogens with one attached hydrogen (secondary N) is 1. The number of carbonyl (C=O) groups excluding carboxylic acids is 1. The fourth-order valence-corrected chi connectivity index (χ4v) is 3.21. The summed E-state index contributed by atoms with van der Waals surface area (Å²) >= 11 is 1.54. The molecule has 0 aromatic carbocycles. The lowest BCUT2D eigenvalue weighted by Crippen LogP contribution is -2.29. The Kier molecular flexibility index (Phi) is 2.89. The molecule has 0 bridgehead atoms. The van der Waals surface area contributed by atoms with E-state index in [1.807, 2.05) is 27.7 Å². The van der Waals surface area contributed by atoms with E-state index < -0.39 is 0 Å². The molecule has 110 valence electrons. The van der Waals surface area contributed by atoms with Crippen molar-refractivity contribution in [2.75, 3.05) is 0 Å². The van der Waals surface area contributed by atoms with Crippen LogP contribution in [0.4, 0.5) is 0 Å². The van der Waals surface area contributed by atoms with Crippen molar-refractivity contribution in [1.29, 1.82) is 0 Å². The van der Waals surface area contributed by atoms with Gasteiger partial charge in [0, 0.05) is 5.38 Å². The summed E-state index contributed by atoms with van der Waals surface area (Å²) in [6, 6.07) is 1.85. The van der Waals surface area contributed by atoms with Crippen molar-refractivity contribution in [2.45, 2.75) is 44.2 Å². The average Bonchev–Trinajstić information content (AvgIpc) is 3.32. The van der Waals surface area contributed by atoms with Gasteiger partial charge in [0.2, 0.25) is 0 Å². The second-order valence-corrected chi connectivity index (χ2v) is 7.17. The summed E-state index contributed by atoms with van der Waals surface area (Å²) in [5.74, 6) is 0.491. The molecule has 2 aliphatic carbocycles. The maximum Gasteiger partial charge on any atom is 0.252 e. The molecule has 1 amide bonds. The minimum atomic E-state index is -0.0136.